The maximum Gasteiger partial charge on any atom is 2.00 e. The van der Waals surface area contributed by atoms with Crippen molar-refractivity contribution in [3.05, 3.63) is 71.8 Å². The van der Waals surface area contributed by atoms with Crippen LogP contribution in [0.2, 0.25) is 0 Å². The third-order valence-electron chi connectivity index (χ3n) is 5.28. The number of thiazole rings is 1. The Morgan fingerprint density at radius 1 is 0.846 bits per heavy atom. The van der Waals surface area contributed by atoms with Crippen LogP contribution in [0.5, 0.6) is 5.75 Å². The summed E-state index contributed by atoms with van der Waals surface area (Å²) in [6, 6.07) is 20.5. The number of para-hydroxylation sites is 1. The van der Waals surface area contributed by atoms with Crippen molar-refractivity contribution in [2.45, 2.75) is 19.3 Å². The number of fused-ring (bicyclic) bond motifs is 4. The van der Waals surface area contributed by atoms with Crippen molar-refractivity contribution in [1.82, 2.24) is 0 Å². The molecule has 0 unspecified atom stereocenters. The molecule has 1 heterocycles. The van der Waals surface area contributed by atoms with Gasteiger partial charge in [-0.25, -0.2) is 0 Å². The fourth-order valence-electron chi connectivity index (χ4n) is 3.94. The third kappa shape index (κ3) is 2.25. The molecule has 2 nitrogen and oxygen atoms in total. The molecule has 5 rings (SSSR count). The van der Waals surface area contributed by atoms with E-state index in [0.717, 1.165) is 26.4 Å². The van der Waals surface area contributed by atoms with Gasteiger partial charge in [0.1, 0.15) is 4.70 Å². The molecular formula is C22H17BeNOS+2. The van der Waals surface area contributed by atoms with Gasteiger partial charge in [0, 0.05) is 11.5 Å². The quantitative estimate of drug-likeness (QED) is 0.468. The van der Waals surface area contributed by atoms with Crippen molar-refractivity contribution >= 4 is 31.7 Å². The summed E-state index contributed by atoms with van der Waals surface area (Å²) in [5, 5.41) is 13.8. The molecule has 0 fully saturated rings. The van der Waals surface area contributed by atoms with Gasteiger partial charge in [-0.05, 0) is 34.4 Å². The zero-order valence-corrected chi connectivity index (χ0v) is 15.6. The van der Waals surface area contributed by atoms with Crippen molar-refractivity contribution in [3.8, 4) is 27.4 Å². The third-order valence-corrected chi connectivity index (χ3v) is 6.38. The number of benzene rings is 3. The van der Waals surface area contributed by atoms with Gasteiger partial charge >= 0.3 is 10.1 Å². The fraction of sp³-hybridized carbons (Fsp3) is 0.136. The molecule has 4 heteroatoms. The Morgan fingerprint density at radius 3 is 2.38 bits per heavy atom. The number of nitrogens with one attached hydrogen (secondary N) is 1. The molecule has 0 atom stereocenters. The summed E-state index contributed by atoms with van der Waals surface area (Å²) in [6.45, 7) is 4.39. The monoisotopic (exact) mass is 352 g/mol. The molecule has 0 saturated heterocycles. The van der Waals surface area contributed by atoms with Crippen LogP contribution in [-0.2, 0) is 5.41 Å². The first kappa shape index (κ1) is 17.0. The maximum atomic E-state index is 12.9. The normalized spacial score (nSPS) is 13.9. The van der Waals surface area contributed by atoms with Gasteiger partial charge in [0.05, 0.1) is 5.56 Å². The Balaban J connectivity index is 0.00000168. The van der Waals surface area contributed by atoms with Crippen LogP contribution in [0.25, 0.3) is 31.9 Å². The summed E-state index contributed by atoms with van der Waals surface area (Å²) < 4.78 is 1.16. The summed E-state index contributed by atoms with van der Waals surface area (Å²) in [5.41, 5.74) is 6.54. The van der Waals surface area contributed by atoms with Gasteiger partial charge in [-0.1, -0.05) is 73.4 Å². The molecule has 4 aromatic rings. The van der Waals surface area contributed by atoms with Crippen molar-refractivity contribution in [2.75, 3.05) is 0 Å². The van der Waals surface area contributed by atoms with Crippen molar-refractivity contribution < 1.29 is 10.1 Å². The van der Waals surface area contributed by atoms with Crippen LogP contribution in [0, 0.1) is 0 Å². The Kier molecular flexibility index (Phi) is 3.76. The van der Waals surface area contributed by atoms with Gasteiger partial charge in [0.2, 0.25) is 5.52 Å². The molecule has 0 bridgehead atoms. The van der Waals surface area contributed by atoms with E-state index in [1.165, 1.54) is 16.7 Å². The number of aromatic nitrogens is 1. The molecule has 1 N–H and O–H groups in total. The van der Waals surface area contributed by atoms with Crippen LogP contribution in [0.15, 0.2) is 60.7 Å². The van der Waals surface area contributed by atoms with Gasteiger partial charge in [-0.3, -0.25) is 0 Å². The smallest absolute Gasteiger partial charge is 0.872 e. The average Bonchev–Trinajstić information content (AvgIpc) is 3.13. The first-order valence-electron chi connectivity index (χ1n) is 8.42. The number of hydrogen-bond acceptors (Lipinski definition) is 2. The minimum Gasteiger partial charge on any atom is -0.872 e. The Morgan fingerprint density at radius 2 is 1.58 bits per heavy atom. The predicted octanol–water partition coefficient (Wildman–Crippen LogP) is 4.38. The first-order chi connectivity index (χ1) is 12.1. The Hall–Kier alpha value is -2.48. The van der Waals surface area contributed by atoms with Crippen molar-refractivity contribution in [2.24, 2.45) is 0 Å². The van der Waals surface area contributed by atoms with Crippen LogP contribution in [-0.4, -0.2) is 10.1 Å². The predicted molar refractivity (Wildman–Crippen MR) is 107 cm³/mol. The van der Waals surface area contributed by atoms with E-state index in [9.17, 15) is 5.11 Å². The standard InChI is InChI=1S/C22H17NOS.Be/c1-22(2)16-8-4-3-7-13(16)14-11-15(19(24)12-17(14)22)21-23-18-9-5-6-10-20(18)25-21;/h3-12,24H,1-2H3;/q;+2. The fourth-order valence-corrected chi connectivity index (χ4v) is 4.97. The molecule has 1 aliphatic rings. The zero-order chi connectivity index (χ0) is 17.2. The van der Waals surface area contributed by atoms with Gasteiger partial charge in [-0.15, -0.1) is 0 Å². The summed E-state index contributed by atoms with van der Waals surface area (Å²) in [6.07, 6.45) is 0. The number of H-pyrrole nitrogens is 1. The van der Waals surface area contributed by atoms with Gasteiger partial charge in [-0.2, -0.15) is 4.98 Å². The van der Waals surface area contributed by atoms with Crippen LogP contribution >= 0.6 is 11.3 Å². The molecule has 0 amide bonds. The molecular weight excluding hydrogens is 335 g/mol. The van der Waals surface area contributed by atoms with E-state index >= 15 is 0 Å². The SMILES string of the molecule is CC1(C)c2ccccc2-c2cc(-c3[nH+]c4ccccc4s3)c([O-])cc21.[Be+2]. The molecule has 0 spiro atoms. The van der Waals surface area contributed by atoms with E-state index in [-0.39, 0.29) is 21.3 Å². The van der Waals surface area contributed by atoms with E-state index in [1.807, 2.05) is 24.3 Å². The van der Waals surface area contributed by atoms with Crippen LogP contribution < -0.4 is 10.1 Å². The maximum absolute atomic E-state index is 12.9. The minimum absolute atomic E-state index is 0. The van der Waals surface area contributed by atoms with E-state index in [0.29, 0.717) is 0 Å². The van der Waals surface area contributed by atoms with E-state index in [4.69, 9.17) is 0 Å². The molecule has 26 heavy (non-hydrogen) atoms. The Bertz CT molecular complexity index is 1110. The summed E-state index contributed by atoms with van der Waals surface area (Å²) in [4.78, 5) is 3.41. The molecule has 1 aliphatic carbocycles. The zero-order valence-electron chi connectivity index (χ0n) is 14.8. The second-order valence-electron chi connectivity index (χ2n) is 7.12. The van der Waals surface area contributed by atoms with Gasteiger partial charge in [0.25, 0.3) is 5.01 Å². The largest absolute Gasteiger partial charge is 2.00 e. The number of aromatic amines is 1. The average molecular weight is 352 g/mol. The molecule has 122 valence electrons. The summed E-state index contributed by atoms with van der Waals surface area (Å²) >= 11 is 1.64. The molecule has 3 aromatic carbocycles. The molecule has 0 radical (unpaired) electrons. The molecule has 1 aromatic heterocycles. The van der Waals surface area contributed by atoms with Crippen LogP contribution in [0.4, 0.5) is 0 Å². The van der Waals surface area contributed by atoms with Crippen molar-refractivity contribution in [3.63, 3.8) is 0 Å². The van der Waals surface area contributed by atoms with E-state index in [1.54, 1.807) is 11.3 Å². The van der Waals surface area contributed by atoms with Gasteiger partial charge in [0.15, 0.2) is 0 Å². The summed E-state index contributed by atoms with van der Waals surface area (Å²) in [5.74, 6) is 0.0856. The number of rotatable bonds is 1. The van der Waals surface area contributed by atoms with Crippen LogP contribution in [0.1, 0.15) is 25.0 Å². The Labute approximate surface area is 160 Å². The topological polar surface area (TPSA) is 37.2 Å². The second-order valence-corrected chi connectivity index (χ2v) is 8.17. The van der Waals surface area contributed by atoms with Crippen molar-refractivity contribution in [1.29, 1.82) is 0 Å². The van der Waals surface area contributed by atoms with E-state index < -0.39 is 0 Å². The summed E-state index contributed by atoms with van der Waals surface area (Å²) in [7, 11) is 0. The number of hydrogen-bond donors (Lipinski definition) is 0. The van der Waals surface area contributed by atoms with Gasteiger partial charge < -0.3 is 5.11 Å². The first-order valence-corrected chi connectivity index (χ1v) is 9.24. The minimum atomic E-state index is -0.131. The second kappa shape index (κ2) is 5.77. The molecule has 0 aliphatic heterocycles. The van der Waals surface area contributed by atoms with Crippen LogP contribution in [0.3, 0.4) is 0 Å². The molecule has 0 saturated carbocycles. The van der Waals surface area contributed by atoms with E-state index in [2.05, 4.69) is 55.2 Å².